The Labute approximate surface area is 157 Å². The normalized spacial score (nSPS) is 11.1. The number of nitrogens with zero attached hydrogens (tertiary/aromatic N) is 1. The van der Waals surface area contributed by atoms with Gasteiger partial charge in [0.05, 0.1) is 0 Å². The smallest absolute Gasteiger partial charge is 0.248 e. The average molecular weight is 354 g/mol. The number of aromatic nitrogens is 1. The quantitative estimate of drug-likeness (QED) is 0.495. The van der Waals surface area contributed by atoms with Gasteiger partial charge in [-0.25, -0.2) is 4.98 Å². The molecule has 1 N–H and O–H groups in total. The molecule has 4 rings (SSSR count). The van der Waals surface area contributed by atoms with Crippen molar-refractivity contribution in [1.82, 2.24) is 4.98 Å². The Morgan fingerprint density at radius 1 is 1.00 bits per heavy atom. The van der Waals surface area contributed by atoms with Gasteiger partial charge in [-0.1, -0.05) is 48.5 Å². The number of nitrogens with one attached hydrogen (secondary N) is 1. The van der Waals surface area contributed by atoms with Crippen LogP contribution in [0.25, 0.3) is 28.6 Å². The minimum atomic E-state index is -0.194. The molecule has 27 heavy (non-hydrogen) atoms. The fourth-order valence-electron chi connectivity index (χ4n) is 2.85. The fourth-order valence-corrected chi connectivity index (χ4v) is 2.85. The summed E-state index contributed by atoms with van der Waals surface area (Å²) < 4.78 is 5.86. The number of hydrogen-bond donors (Lipinski definition) is 1. The second kappa shape index (κ2) is 7.30. The van der Waals surface area contributed by atoms with Crippen molar-refractivity contribution in [3.8, 4) is 11.5 Å². The molecule has 0 radical (unpaired) electrons. The van der Waals surface area contributed by atoms with Gasteiger partial charge < -0.3 is 9.73 Å². The molecule has 1 aromatic heterocycles. The van der Waals surface area contributed by atoms with E-state index < -0.39 is 0 Å². The second-order valence-corrected chi connectivity index (χ2v) is 6.25. The van der Waals surface area contributed by atoms with Gasteiger partial charge in [-0.2, -0.15) is 0 Å². The van der Waals surface area contributed by atoms with Crippen LogP contribution in [0.4, 0.5) is 5.69 Å². The summed E-state index contributed by atoms with van der Waals surface area (Å²) in [7, 11) is 0. The van der Waals surface area contributed by atoms with E-state index in [2.05, 4.69) is 10.3 Å². The summed E-state index contributed by atoms with van der Waals surface area (Å²) in [5.41, 5.74) is 5.11. The number of benzene rings is 3. The molecule has 1 amide bonds. The molecular formula is C23H18N2O2. The first-order chi connectivity index (χ1) is 13.2. The highest BCUT2D eigenvalue weighted by atomic mass is 16.3. The predicted molar refractivity (Wildman–Crippen MR) is 108 cm³/mol. The number of carbonyl (C=O) groups excluding carboxylic acids is 1. The number of aryl methyl sites for hydroxylation is 1. The maximum absolute atomic E-state index is 12.2. The van der Waals surface area contributed by atoms with E-state index >= 15 is 0 Å². The van der Waals surface area contributed by atoms with Gasteiger partial charge in [0.2, 0.25) is 11.8 Å². The third-order valence-electron chi connectivity index (χ3n) is 4.26. The van der Waals surface area contributed by atoms with E-state index in [1.807, 2.05) is 79.7 Å². The fraction of sp³-hybridized carbons (Fsp3) is 0.0435. The zero-order valence-corrected chi connectivity index (χ0v) is 14.8. The molecule has 1 heterocycles. The second-order valence-electron chi connectivity index (χ2n) is 6.25. The number of rotatable bonds is 4. The zero-order valence-electron chi connectivity index (χ0n) is 14.8. The molecule has 0 aliphatic rings. The van der Waals surface area contributed by atoms with Crippen LogP contribution in [-0.2, 0) is 4.79 Å². The molecule has 0 aliphatic carbocycles. The summed E-state index contributed by atoms with van der Waals surface area (Å²) in [4.78, 5) is 16.7. The van der Waals surface area contributed by atoms with Crippen LogP contribution in [0.15, 0.2) is 83.3 Å². The van der Waals surface area contributed by atoms with E-state index in [4.69, 9.17) is 4.42 Å². The molecular weight excluding hydrogens is 336 g/mol. The number of oxazole rings is 1. The van der Waals surface area contributed by atoms with Gasteiger partial charge >= 0.3 is 0 Å². The summed E-state index contributed by atoms with van der Waals surface area (Å²) in [5, 5.41) is 2.86. The van der Waals surface area contributed by atoms with Crippen LogP contribution >= 0.6 is 0 Å². The van der Waals surface area contributed by atoms with Gasteiger partial charge in [0.1, 0.15) is 5.52 Å². The van der Waals surface area contributed by atoms with Gasteiger partial charge in [-0.15, -0.1) is 0 Å². The van der Waals surface area contributed by atoms with Crippen LogP contribution in [0.1, 0.15) is 11.1 Å². The Kier molecular flexibility index (Phi) is 4.54. The topological polar surface area (TPSA) is 55.1 Å². The SMILES string of the molecule is Cc1ccccc1-c1nc2cc(NC(=O)/C=C/c3ccccc3)ccc2o1. The minimum absolute atomic E-state index is 0.194. The first-order valence-corrected chi connectivity index (χ1v) is 8.70. The largest absolute Gasteiger partial charge is 0.436 e. The van der Waals surface area contributed by atoms with Gasteiger partial charge in [0, 0.05) is 17.3 Å². The van der Waals surface area contributed by atoms with Gasteiger partial charge in [0.25, 0.3) is 0 Å². The lowest BCUT2D eigenvalue weighted by molar-refractivity contribution is -0.111. The van der Waals surface area contributed by atoms with E-state index in [0.29, 0.717) is 22.7 Å². The lowest BCUT2D eigenvalue weighted by atomic mass is 10.1. The van der Waals surface area contributed by atoms with Crippen LogP contribution in [0.5, 0.6) is 0 Å². The third-order valence-corrected chi connectivity index (χ3v) is 4.26. The average Bonchev–Trinajstić information content (AvgIpc) is 3.10. The van der Waals surface area contributed by atoms with Crippen molar-refractivity contribution in [2.24, 2.45) is 0 Å². The van der Waals surface area contributed by atoms with Crippen molar-refractivity contribution < 1.29 is 9.21 Å². The summed E-state index contributed by atoms with van der Waals surface area (Å²) >= 11 is 0. The highest BCUT2D eigenvalue weighted by molar-refractivity contribution is 6.02. The first-order valence-electron chi connectivity index (χ1n) is 8.70. The van der Waals surface area contributed by atoms with Crippen LogP contribution < -0.4 is 5.32 Å². The Morgan fingerprint density at radius 3 is 2.59 bits per heavy atom. The number of carbonyl (C=O) groups is 1. The summed E-state index contributed by atoms with van der Waals surface area (Å²) in [6, 6.07) is 23.1. The van der Waals surface area contributed by atoms with Crippen molar-refractivity contribution in [3.63, 3.8) is 0 Å². The molecule has 0 spiro atoms. The Bertz CT molecular complexity index is 1130. The lowest BCUT2D eigenvalue weighted by Gasteiger charge is -2.01. The number of fused-ring (bicyclic) bond motifs is 1. The molecule has 0 atom stereocenters. The van der Waals surface area contributed by atoms with Crippen LogP contribution in [0.3, 0.4) is 0 Å². The van der Waals surface area contributed by atoms with Crippen LogP contribution in [0.2, 0.25) is 0 Å². The van der Waals surface area contributed by atoms with E-state index in [0.717, 1.165) is 16.7 Å². The Hall–Kier alpha value is -3.66. The molecule has 3 aromatic carbocycles. The van der Waals surface area contributed by atoms with E-state index in [1.165, 1.54) is 6.08 Å². The van der Waals surface area contributed by atoms with Crippen LogP contribution in [-0.4, -0.2) is 10.9 Å². The summed E-state index contributed by atoms with van der Waals surface area (Å²) in [5.74, 6) is 0.386. The molecule has 0 fully saturated rings. The molecule has 0 saturated heterocycles. The van der Waals surface area contributed by atoms with Gasteiger partial charge in [0.15, 0.2) is 5.58 Å². The molecule has 4 nitrogen and oxygen atoms in total. The molecule has 0 bridgehead atoms. The highest BCUT2D eigenvalue weighted by Gasteiger charge is 2.11. The Balaban J connectivity index is 1.54. The molecule has 0 unspecified atom stereocenters. The first kappa shape index (κ1) is 16.8. The maximum Gasteiger partial charge on any atom is 0.248 e. The minimum Gasteiger partial charge on any atom is -0.436 e. The van der Waals surface area contributed by atoms with E-state index in [-0.39, 0.29) is 5.91 Å². The van der Waals surface area contributed by atoms with E-state index in [1.54, 1.807) is 6.08 Å². The standard InChI is InChI=1S/C23H18N2O2/c1-16-7-5-6-10-19(16)23-25-20-15-18(12-13-21(20)27-23)24-22(26)14-11-17-8-3-2-4-9-17/h2-15H,1H3,(H,24,26)/b14-11+. The summed E-state index contributed by atoms with van der Waals surface area (Å²) in [6.45, 7) is 2.02. The van der Waals surface area contributed by atoms with Crippen molar-refractivity contribution in [2.75, 3.05) is 5.32 Å². The van der Waals surface area contributed by atoms with Crippen molar-refractivity contribution in [2.45, 2.75) is 6.92 Å². The molecule has 4 heteroatoms. The predicted octanol–water partition coefficient (Wildman–Crippen LogP) is 5.46. The van der Waals surface area contributed by atoms with Gasteiger partial charge in [-0.3, -0.25) is 4.79 Å². The van der Waals surface area contributed by atoms with Crippen molar-refractivity contribution in [3.05, 3.63) is 90.0 Å². The van der Waals surface area contributed by atoms with Crippen molar-refractivity contribution in [1.29, 1.82) is 0 Å². The maximum atomic E-state index is 12.2. The molecule has 4 aromatic rings. The number of amides is 1. The Morgan fingerprint density at radius 2 is 1.78 bits per heavy atom. The van der Waals surface area contributed by atoms with Crippen LogP contribution in [0, 0.1) is 6.92 Å². The monoisotopic (exact) mass is 354 g/mol. The molecule has 0 aliphatic heterocycles. The number of anilines is 1. The van der Waals surface area contributed by atoms with E-state index in [9.17, 15) is 4.79 Å². The van der Waals surface area contributed by atoms with Gasteiger partial charge in [-0.05, 0) is 48.4 Å². The molecule has 132 valence electrons. The van der Waals surface area contributed by atoms with Crippen molar-refractivity contribution >= 4 is 28.8 Å². The summed E-state index contributed by atoms with van der Waals surface area (Å²) in [6.07, 6.45) is 3.29. The number of hydrogen-bond acceptors (Lipinski definition) is 3. The zero-order chi connectivity index (χ0) is 18.6. The third kappa shape index (κ3) is 3.80. The lowest BCUT2D eigenvalue weighted by Crippen LogP contribution is -2.07. The highest BCUT2D eigenvalue weighted by Crippen LogP contribution is 2.28. The molecule has 0 saturated carbocycles.